The Bertz CT molecular complexity index is 492. The van der Waals surface area contributed by atoms with Crippen molar-refractivity contribution in [1.29, 1.82) is 0 Å². The Hall–Kier alpha value is -1.85. The van der Waals surface area contributed by atoms with Gasteiger partial charge in [0.25, 0.3) is 0 Å². The van der Waals surface area contributed by atoms with Crippen LogP contribution in [0.2, 0.25) is 0 Å². The van der Waals surface area contributed by atoms with Crippen LogP contribution in [0.3, 0.4) is 0 Å². The van der Waals surface area contributed by atoms with Gasteiger partial charge in [0.1, 0.15) is 17.5 Å². The molecule has 108 valence electrons. The molecule has 1 aliphatic carbocycles. The number of aromatic nitrogens is 1. The van der Waals surface area contributed by atoms with Crippen molar-refractivity contribution in [3.63, 3.8) is 0 Å². The molecule has 0 aromatic carbocycles. The van der Waals surface area contributed by atoms with E-state index in [2.05, 4.69) is 10.5 Å². The summed E-state index contributed by atoms with van der Waals surface area (Å²) in [5.41, 5.74) is 0.0360. The lowest BCUT2D eigenvalue weighted by Gasteiger charge is -2.37. The predicted molar refractivity (Wildman–Crippen MR) is 70.5 cm³/mol. The molecular weight excluding hydrogens is 258 g/mol. The number of rotatable bonds is 2. The molecule has 0 unspecified atom stereocenters. The number of hydrogen-bond acceptors (Lipinski definition) is 4. The first-order valence-electron chi connectivity index (χ1n) is 7.19. The first-order valence-corrected chi connectivity index (χ1v) is 7.19. The monoisotopic (exact) mass is 277 g/mol. The Morgan fingerprint density at radius 1 is 1.30 bits per heavy atom. The molecule has 1 aliphatic heterocycles. The summed E-state index contributed by atoms with van der Waals surface area (Å²) in [5.74, 6) is 0.00829. The molecule has 0 atom stereocenters. The van der Waals surface area contributed by atoms with Crippen LogP contribution in [0, 0.1) is 0 Å². The second-order valence-electron chi connectivity index (χ2n) is 5.66. The minimum atomic E-state index is -0.685. The number of nitrogens with zero attached hydrogens (tertiary/aromatic N) is 2. The largest absolute Gasteiger partial charge is 0.364 e. The second kappa shape index (κ2) is 5.26. The fourth-order valence-corrected chi connectivity index (χ4v) is 3.18. The normalized spacial score (nSPS) is 22.7. The van der Waals surface area contributed by atoms with E-state index < -0.39 is 5.54 Å². The molecule has 2 fully saturated rings. The van der Waals surface area contributed by atoms with Crippen molar-refractivity contribution in [2.75, 3.05) is 6.54 Å². The van der Waals surface area contributed by atoms with Crippen molar-refractivity contribution >= 4 is 11.8 Å². The first-order chi connectivity index (χ1) is 9.70. The van der Waals surface area contributed by atoms with Crippen LogP contribution in [0.1, 0.15) is 44.2 Å². The highest BCUT2D eigenvalue weighted by Gasteiger charge is 2.45. The molecule has 2 amide bonds. The van der Waals surface area contributed by atoms with Gasteiger partial charge in [-0.3, -0.25) is 9.59 Å². The molecule has 1 spiro atoms. The zero-order valence-corrected chi connectivity index (χ0v) is 11.4. The van der Waals surface area contributed by atoms with Crippen LogP contribution in [-0.4, -0.2) is 34.0 Å². The molecule has 0 radical (unpaired) electrons. The average Bonchev–Trinajstić information content (AvgIpc) is 2.93. The minimum absolute atomic E-state index is 0.0251. The number of amides is 2. The maximum absolute atomic E-state index is 12.8. The van der Waals surface area contributed by atoms with Crippen LogP contribution in [0.5, 0.6) is 0 Å². The zero-order valence-electron chi connectivity index (χ0n) is 11.4. The van der Waals surface area contributed by atoms with Gasteiger partial charge in [-0.2, -0.15) is 0 Å². The predicted octanol–water partition coefficient (Wildman–Crippen LogP) is 1.23. The highest BCUT2D eigenvalue weighted by atomic mass is 16.5. The van der Waals surface area contributed by atoms with E-state index in [0.29, 0.717) is 19.5 Å². The van der Waals surface area contributed by atoms with Crippen LogP contribution in [-0.2, 0) is 16.1 Å². The molecule has 1 saturated heterocycles. The fraction of sp³-hybridized carbons (Fsp3) is 0.643. The van der Waals surface area contributed by atoms with Crippen molar-refractivity contribution < 1.29 is 14.1 Å². The first kappa shape index (κ1) is 13.1. The average molecular weight is 277 g/mol. The molecule has 1 aromatic rings. The van der Waals surface area contributed by atoms with Gasteiger partial charge < -0.3 is 14.7 Å². The molecule has 0 bridgehead atoms. The van der Waals surface area contributed by atoms with Gasteiger partial charge in [-0.15, -0.1) is 0 Å². The molecule has 3 rings (SSSR count). The maximum atomic E-state index is 12.8. The summed E-state index contributed by atoms with van der Waals surface area (Å²) in [5, 5.41) is 6.83. The van der Waals surface area contributed by atoms with E-state index in [1.54, 1.807) is 11.0 Å². The van der Waals surface area contributed by atoms with Crippen LogP contribution >= 0.6 is 0 Å². The molecule has 1 saturated carbocycles. The van der Waals surface area contributed by atoms with Crippen LogP contribution in [0.4, 0.5) is 0 Å². The summed E-state index contributed by atoms with van der Waals surface area (Å²) >= 11 is 0. The third kappa shape index (κ3) is 2.42. The van der Waals surface area contributed by atoms with E-state index in [4.69, 9.17) is 4.52 Å². The van der Waals surface area contributed by atoms with E-state index in [0.717, 1.165) is 37.8 Å². The molecular formula is C14H19N3O3. The van der Waals surface area contributed by atoms with Gasteiger partial charge in [0, 0.05) is 19.0 Å². The lowest BCUT2D eigenvalue weighted by atomic mass is 9.80. The Morgan fingerprint density at radius 2 is 2.10 bits per heavy atom. The quantitative estimate of drug-likeness (QED) is 0.882. The maximum Gasteiger partial charge on any atom is 0.248 e. The number of carbonyl (C=O) groups excluding carboxylic acids is 2. The lowest BCUT2D eigenvalue weighted by Crippen LogP contribution is -2.57. The van der Waals surface area contributed by atoms with Gasteiger partial charge in [-0.05, 0) is 12.8 Å². The summed E-state index contributed by atoms with van der Waals surface area (Å²) in [6, 6.07) is 1.75. The Morgan fingerprint density at radius 3 is 2.80 bits per heavy atom. The van der Waals surface area contributed by atoms with Crippen LogP contribution in [0.25, 0.3) is 0 Å². The molecule has 20 heavy (non-hydrogen) atoms. The van der Waals surface area contributed by atoms with Crippen molar-refractivity contribution in [1.82, 2.24) is 15.4 Å². The zero-order chi connectivity index (χ0) is 14.0. The Labute approximate surface area is 117 Å². The Kier molecular flexibility index (Phi) is 3.46. The number of nitrogens with one attached hydrogen (secondary N) is 1. The summed E-state index contributed by atoms with van der Waals surface area (Å²) < 4.78 is 4.81. The van der Waals surface area contributed by atoms with Crippen molar-refractivity contribution in [3.8, 4) is 0 Å². The third-order valence-corrected chi connectivity index (χ3v) is 4.24. The molecule has 6 nitrogen and oxygen atoms in total. The lowest BCUT2D eigenvalue weighted by molar-refractivity contribution is -0.141. The topological polar surface area (TPSA) is 75.4 Å². The Balaban J connectivity index is 1.83. The van der Waals surface area contributed by atoms with Crippen molar-refractivity contribution in [2.45, 2.75) is 50.6 Å². The summed E-state index contributed by atoms with van der Waals surface area (Å²) in [7, 11) is 0. The van der Waals surface area contributed by atoms with Crippen molar-refractivity contribution in [2.24, 2.45) is 0 Å². The minimum Gasteiger partial charge on any atom is -0.364 e. The molecule has 2 heterocycles. The summed E-state index contributed by atoms with van der Waals surface area (Å²) in [6.45, 7) is 0.852. The van der Waals surface area contributed by atoms with E-state index in [-0.39, 0.29) is 11.8 Å². The van der Waals surface area contributed by atoms with E-state index in [9.17, 15) is 9.59 Å². The molecule has 2 aliphatic rings. The number of carbonyl (C=O) groups is 2. The van der Waals surface area contributed by atoms with Gasteiger partial charge in [-0.1, -0.05) is 24.4 Å². The SMILES string of the molecule is O=C1CCN(Cc2ccon2)C(=O)C2(CCCCC2)N1. The smallest absolute Gasteiger partial charge is 0.248 e. The van der Waals surface area contributed by atoms with Crippen molar-refractivity contribution in [3.05, 3.63) is 18.0 Å². The summed E-state index contributed by atoms with van der Waals surface area (Å²) in [6.07, 6.45) is 6.45. The highest BCUT2D eigenvalue weighted by Crippen LogP contribution is 2.32. The molecule has 6 heteroatoms. The van der Waals surface area contributed by atoms with Crippen LogP contribution in [0.15, 0.2) is 16.9 Å². The molecule has 1 aromatic heterocycles. The summed E-state index contributed by atoms with van der Waals surface area (Å²) in [4.78, 5) is 26.5. The van der Waals surface area contributed by atoms with Gasteiger partial charge in [-0.25, -0.2) is 0 Å². The van der Waals surface area contributed by atoms with Gasteiger partial charge in [0.2, 0.25) is 11.8 Å². The van der Waals surface area contributed by atoms with Crippen LogP contribution < -0.4 is 5.32 Å². The van der Waals surface area contributed by atoms with Gasteiger partial charge in [0.15, 0.2) is 0 Å². The standard InChI is InChI=1S/C14H19N3O3/c18-12-4-8-17(10-11-5-9-20-16-11)13(19)14(15-12)6-2-1-3-7-14/h5,9H,1-4,6-8,10H2,(H,15,18). The molecule has 1 N–H and O–H groups in total. The van der Waals surface area contributed by atoms with E-state index in [1.807, 2.05) is 0 Å². The van der Waals surface area contributed by atoms with E-state index >= 15 is 0 Å². The number of hydrogen-bond donors (Lipinski definition) is 1. The highest BCUT2D eigenvalue weighted by molar-refractivity contribution is 5.93. The fourth-order valence-electron chi connectivity index (χ4n) is 3.18. The van der Waals surface area contributed by atoms with Gasteiger partial charge in [0.05, 0.1) is 6.54 Å². The van der Waals surface area contributed by atoms with Gasteiger partial charge >= 0.3 is 0 Å². The third-order valence-electron chi connectivity index (χ3n) is 4.24. The van der Waals surface area contributed by atoms with E-state index in [1.165, 1.54) is 6.26 Å². The second-order valence-corrected chi connectivity index (χ2v) is 5.66.